The molecule has 1 atom stereocenters. The van der Waals surface area contributed by atoms with Crippen LogP contribution in [-0.2, 0) is 4.79 Å². The second kappa shape index (κ2) is 5.46. The Kier molecular flexibility index (Phi) is 3.92. The Bertz CT molecular complexity index is 488. The number of carbonyl (C=O) groups is 1. The molecule has 104 valence electrons. The molecule has 1 aliphatic heterocycles. The van der Waals surface area contributed by atoms with Crippen LogP contribution in [0.3, 0.4) is 0 Å². The Balaban J connectivity index is 2.11. The van der Waals surface area contributed by atoms with Crippen molar-refractivity contribution in [2.24, 2.45) is 5.73 Å². The smallest absolute Gasteiger partial charge is 0.236 e. The van der Waals surface area contributed by atoms with Crippen LogP contribution in [0.4, 0.5) is 0 Å². The fourth-order valence-electron chi connectivity index (χ4n) is 2.06. The lowest BCUT2D eigenvalue weighted by atomic mass is 9.98. The summed E-state index contributed by atoms with van der Waals surface area (Å²) < 4.78 is 10.6. The summed E-state index contributed by atoms with van der Waals surface area (Å²) in [5.41, 5.74) is 10.7. The maximum Gasteiger partial charge on any atom is 0.236 e. The number of nitrogens with two attached hydrogens (primary N) is 1. The van der Waals surface area contributed by atoms with Crippen LogP contribution < -0.4 is 20.6 Å². The van der Waals surface area contributed by atoms with Gasteiger partial charge in [-0.3, -0.25) is 10.2 Å². The molecule has 0 bridgehead atoms. The van der Waals surface area contributed by atoms with E-state index in [4.69, 9.17) is 15.2 Å². The van der Waals surface area contributed by atoms with E-state index in [1.54, 1.807) is 19.1 Å². The molecule has 0 fully saturated rings. The van der Waals surface area contributed by atoms with Crippen LogP contribution in [0, 0.1) is 6.92 Å². The molecule has 1 aliphatic rings. The Labute approximate surface area is 112 Å². The van der Waals surface area contributed by atoms with Crippen LogP contribution >= 0.6 is 0 Å². The van der Waals surface area contributed by atoms with Gasteiger partial charge in [-0.05, 0) is 30.2 Å². The highest BCUT2D eigenvalue weighted by atomic mass is 16.7. The molecule has 0 saturated carbocycles. The van der Waals surface area contributed by atoms with Crippen LogP contribution in [0.25, 0.3) is 0 Å². The van der Waals surface area contributed by atoms with Gasteiger partial charge in [0.15, 0.2) is 11.5 Å². The van der Waals surface area contributed by atoms with Crippen molar-refractivity contribution < 1.29 is 14.3 Å². The number of amides is 1. The van der Waals surface area contributed by atoms with Gasteiger partial charge in [-0.1, -0.05) is 0 Å². The third kappa shape index (κ3) is 3.15. The van der Waals surface area contributed by atoms with Gasteiger partial charge in [0.05, 0.1) is 0 Å². The minimum Gasteiger partial charge on any atom is -0.454 e. The topological polar surface area (TPSA) is 76.8 Å². The molecule has 0 saturated heterocycles. The second-order valence-corrected chi connectivity index (χ2v) is 4.80. The first kappa shape index (κ1) is 13.6. The molecule has 6 nitrogen and oxygen atoms in total. The number of ether oxygens (including phenoxy) is 2. The minimum atomic E-state index is -0.366. The SMILES string of the molecule is Cc1cc2c(cc1C(N)CC(=O)NN(C)C)OCO2. The lowest BCUT2D eigenvalue weighted by molar-refractivity contribution is -0.125. The molecule has 1 aromatic carbocycles. The summed E-state index contributed by atoms with van der Waals surface area (Å²) in [6, 6.07) is 3.38. The first-order chi connectivity index (χ1) is 8.97. The summed E-state index contributed by atoms with van der Waals surface area (Å²) in [4.78, 5) is 11.7. The van der Waals surface area contributed by atoms with Gasteiger partial charge in [-0.2, -0.15) is 0 Å². The molecule has 1 unspecified atom stereocenters. The minimum absolute atomic E-state index is 0.116. The fraction of sp³-hybridized carbons (Fsp3) is 0.462. The van der Waals surface area contributed by atoms with Crippen molar-refractivity contribution in [3.8, 4) is 11.5 Å². The van der Waals surface area contributed by atoms with Gasteiger partial charge in [0.1, 0.15) is 0 Å². The first-order valence-electron chi connectivity index (χ1n) is 6.10. The van der Waals surface area contributed by atoms with Gasteiger partial charge in [0.25, 0.3) is 0 Å². The number of hydrogen-bond acceptors (Lipinski definition) is 5. The molecule has 0 aromatic heterocycles. The van der Waals surface area contributed by atoms with Crippen molar-refractivity contribution in [1.82, 2.24) is 10.4 Å². The molecule has 6 heteroatoms. The van der Waals surface area contributed by atoms with E-state index in [0.717, 1.165) is 16.9 Å². The van der Waals surface area contributed by atoms with Crippen LogP contribution in [-0.4, -0.2) is 31.8 Å². The molecule has 0 aliphatic carbocycles. The number of carbonyl (C=O) groups excluding carboxylic acids is 1. The summed E-state index contributed by atoms with van der Waals surface area (Å²) >= 11 is 0. The number of benzene rings is 1. The standard InChI is InChI=1S/C13H19N3O3/c1-8-4-11-12(19-7-18-11)5-9(8)10(14)6-13(17)15-16(2)3/h4-5,10H,6-7,14H2,1-3H3,(H,15,17). The maximum atomic E-state index is 11.7. The molecule has 2 rings (SSSR count). The van der Waals surface area contributed by atoms with Gasteiger partial charge in [0.2, 0.25) is 12.7 Å². The predicted octanol–water partition coefficient (Wildman–Crippen LogP) is 0.706. The molecular formula is C13H19N3O3. The van der Waals surface area contributed by atoms with Gasteiger partial charge in [-0.25, -0.2) is 5.01 Å². The number of aryl methyl sites for hydroxylation is 1. The average molecular weight is 265 g/mol. The highest BCUT2D eigenvalue weighted by molar-refractivity contribution is 5.76. The molecule has 3 N–H and O–H groups in total. The average Bonchev–Trinajstić information content (AvgIpc) is 2.73. The van der Waals surface area contributed by atoms with E-state index in [0.29, 0.717) is 5.75 Å². The highest BCUT2D eigenvalue weighted by Crippen LogP contribution is 2.36. The van der Waals surface area contributed by atoms with Crippen molar-refractivity contribution in [3.63, 3.8) is 0 Å². The summed E-state index contributed by atoms with van der Waals surface area (Å²) in [5.74, 6) is 1.30. The van der Waals surface area contributed by atoms with Crippen molar-refractivity contribution in [2.45, 2.75) is 19.4 Å². The maximum absolute atomic E-state index is 11.7. The summed E-state index contributed by atoms with van der Waals surface area (Å²) in [6.45, 7) is 2.18. The second-order valence-electron chi connectivity index (χ2n) is 4.80. The van der Waals surface area contributed by atoms with Crippen molar-refractivity contribution in [1.29, 1.82) is 0 Å². The normalized spacial score (nSPS) is 14.6. The predicted molar refractivity (Wildman–Crippen MR) is 70.7 cm³/mol. The van der Waals surface area contributed by atoms with Crippen molar-refractivity contribution in [3.05, 3.63) is 23.3 Å². The molecule has 0 radical (unpaired) electrons. The fourth-order valence-corrected chi connectivity index (χ4v) is 2.06. The number of fused-ring (bicyclic) bond motifs is 1. The highest BCUT2D eigenvalue weighted by Gasteiger charge is 2.20. The monoisotopic (exact) mass is 265 g/mol. The lowest BCUT2D eigenvalue weighted by Gasteiger charge is -2.17. The van der Waals surface area contributed by atoms with E-state index in [1.165, 1.54) is 0 Å². The molecule has 0 spiro atoms. The number of nitrogens with zero attached hydrogens (tertiary/aromatic N) is 1. The van der Waals surface area contributed by atoms with Crippen LogP contribution in [0.15, 0.2) is 12.1 Å². The number of rotatable bonds is 4. The molecule has 1 aromatic rings. The molecule has 1 heterocycles. The summed E-state index contributed by atoms with van der Waals surface area (Å²) in [6.07, 6.45) is 0.221. The molecule has 19 heavy (non-hydrogen) atoms. The quantitative estimate of drug-likeness (QED) is 0.784. The third-order valence-electron chi connectivity index (χ3n) is 2.91. The zero-order chi connectivity index (χ0) is 14.0. The zero-order valence-corrected chi connectivity index (χ0v) is 11.4. The van der Waals surface area contributed by atoms with Crippen molar-refractivity contribution >= 4 is 5.91 Å². The van der Waals surface area contributed by atoms with E-state index in [2.05, 4.69) is 5.43 Å². The number of hydrogen-bond donors (Lipinski definition) is 2. The van der Waals surface area contributed by atoms with Crippen LogP contribution in [0.5, 0.6) is 11.5 Å². The summed E-state index contributed by atoms with van der Waals surface area (Å²) in [7, 11) is 3.52. The summed E-state index contributed by atoms with van der Waals surface area (Å²) in [5, 5.41) is 1.60. The Hall–Kier alpha value is -1.79. The van der Waals surface area contributed by atoms with Gasteiger partial charge in [-0.15, -0.1) is 0 Å². The van der Waals surface area contributed by atoms with Crippen LogP contribution in [0.2, 0.25) is 0 Å². The van der Waals surface area contributed by atoms with Crippen molar-refractivity contribution in [2.75, 3.05) is 20.9 Å². The molecule has 1 amide bonds. The number of hydrazine groups is 1. The van der Waals surface area contributed by atoms with E-state index < -0.39 is 0 Å². The van der Waals surface area contributed by atoms with Gasteiger partial charge < -0.3 is 15.2 Å². The molecular weight excluding hydrogens is 246 g/mol. The Morgan fingerprint density at radius 2 is 2.05 bits per heavy atom. The van der Waals surface area contributed by atoms with E-state index in [9.17, 15) is 4.79 Å². The van der Waals surface area contributed by atoms with Crippen LogP contribution in [0.1, 0.15) is 23.6 Å². The Morgan fingerprint density at radius 1 is 1.42 bits per heavy atom. The third-order valence-corrected chi connectivity index (χ3v) is 2.91. The van der Waals surface area contributed by atoms with E-state index in [1.807, 2.05) is 19.1 Å². The largest absolute Gasteiger partial charge is 0.454 e. The lowest BCUT2D eigenvalue weighted by Crippen LogP contribution is -2.37. The first-order valence-corrected chi connectivity index (χ1v) is 6.10. The zero-order valence-electron chi connectivity index (χ0n) is 11.4. The van der Waals surface area contributed by atoms with E-state index >= 15 is 0 Å². The van der Waals surface area contributed by atoms with Gasteiger partial charge >= 0.3 is 0 Å². The Morgan fingerprint density at radius 3 is 2.68 bits per heavy atom. The van der Waals surface area contributed by atoms with E-state index in [-0.39, 0.29) is 25.2 Å². The number of nitrogens with one attached hydrogen (secondary N) is 1. The van der Waals surface area contributed by atoms with Gasteiger partial charge in [0, 0.05) is 26.6 Å².